The molecular formula is C21H19F2NO5S. The second-order valence-electron chi connectivity index (χ2n) is 6.40. The van der Waals surface area contributed by atoms with Crippen molar-refractivity contribution in [2.45, 2.75) is 18.4 Å². The number of esters is 1. The summed E-state index contributed by atoms with van der Waals surface area (Å²) in [6.45, 7) is 1.93. The highest BCUT2D eigenvalue weighted by Crippen LogP contribution is 2.24. The van der Waals surface area contributed by atoms with Gasteiger partial charge in [-0.1, -0.05) is 0 Å². The van der Waals surface area contributed by atoms with Crippen LogP contribution in [-0.4, -0.2) is 29.9 Å². The molecule has 1 aromatic heterocycles. The molecule has 0 spiro atoms. The minimum Gasteiger partial charge on any atom is -0.609 e. The summed E-state index contributed by atoms with van der Waals surface area (Å²) in [5.74, 6) is -1.78. The van der Waals surface area contributed by atoms with E-state index in [9.17, 15) is 22.9 Å². The number of anilines is 1. The molecule has 0 saturated heterocycles. The number of rotatable bonds is 7. The second-order valence-corrected chi connectivity index (χ2v) is 8.07. The van der Waals surface area contributed by atoms with Gasteiger partial charge in [-0.25, -0.2) is 13.6 Å². The van der Waals surface area contributed by atoms with Crippen LogP contribution in [0, 0.1) is 11.6 Å². The van der Waals surface area contributed by atoms with E-state index in [4.69, 9.17) is 9.15 Å². The normalized spacial score (nSPS) is 12.0. The van der Waals surface area contributed by atoms with Gasteiger partial charge in [0.25, 0.3) is 0 Å². The lowest BCUT2D eigenvalue weighted by Gasteiger charge is -2.12. The lowest BCUT2D eigenvalue weighted by molar-refractivity contribution is 0.0600. The topological polar surface area (TPSA) is 91.6 Å². The third-order valence-corrected chi connectivity index (χ3v) is 5.55. The third kappa shape index (κ3) is 4.80. The molecule has 3 aromatic rings. The molecule has 9 heteroatoms. The molecule has 0 bridgehead atoms. The minimum atomic E-state index is -1.48. The number of carbonyl (C=O) groups is 1. The van der Waals surface area contributed by atoms with Gasteiger partial charge < -0.3 is 19.0 Å². The van der Waals surface area contributed by atoms with Crippen LogP contribution in [-0.2, 0) is 22.3 Å². The Hall–Kier alpha value is -2.91. The first kappa shape index (κ1) is 21.8. The Morgan fingerprint density at radius 1 is 1.17 bits per heavy atom. The average Bonchev–Trinajstić information content (AvgIpc) is 2.71. The smallest absolute Gasteiger partial charge is 0.337 e. The van der Waals surface area contributed by atoms with Crippen molar-refractivity contribution >= 4 is 33.8 Å². The van der Waals surface area contributed by atoms with E-state index in [0.29, 0.717) is 5.56 Å². The van der Waals surface area contributed by atoms with Crippen LogP contribution in [0.1, 0.15) is 22.8 Å². The standard InChI is InChI=1S/C21H19F2NO5S/c1-3-30(27)19-11-18(25)17-7-13(21(26)28-2)6-12(20(17)29-19)4-5-24-16-9-14(22)8-15(23)10-16/h6-11,24H,3-5H2,1-2H3. The molecule has 30 heavy (non-hydrogen) atoms. The van der Waals surface area contributed by atoms with E-state index in [2.05, 4.69) is 5.32 Å². The molecule has 0 aliphatic carbocycles. The first-order valence-electron chi connectivity index (χ1n) is 9.09. The highest BCUT2D eigenvalue weighted by Gasteiger charge is 2.19. The molecule has 0 radical (unpaired) electrons. The average molecular weight is 435 g/mol. The summed E-state index contributed by atoms with van der Waals surface area (Å²) < 4.78 is 49.3. The minimum absolute atomic E-state index is 0.0437. The summed E-state index contributed by atoms with van der Waals surface area (Å²) in [6, 6.07) is 7.10. The maximum Gasteiger partial charge on any atom is 0.337 e. The fraction of sp³-hybridized carbons (Fsp3) is 0.238. The van der Waals surface area contributed by atoms with Gasteiger partial charge in [-0.3, -0.25) is 4.79 Å². The van der Waals surface area contributed by atoms with Gasteiger partial charge in [-0.2, -0.15) is 0 Å². The number of ether oxygens (including phenoxy) is 1. The lowest BCUT2D eigenvalue weighted by atomic mass is 10.0. The highest BCUT2D eigenvalue weighted by molar-refractivity contribution is 7.91. The van der Waals surface area contributed by atoms with Crippen LogP contribution >= 0.6 is 0 Å². The fourth-order valence-electron chi connectivity index (χ4n) is 2.98. The van der Waals surface area contributed by atoms with Gasteiger partial charge in [0.1, 0.15) is 23.0 Å². The SMILES string of the molecule is CC[S+]([O-])c1cc(=O)c2cc(C(=O)OC)cc(CCNc3cc(F)cc(F)c3)c2o1. The number of methoxy groups -OCH3 is 1. The van der Waals surface area contributed by atoms with Crippen molar-refractivity contribution in [2.75, 3.05) is 24.7 Å². The van der Waals surface area contributed by atoms with Gasteiger partial charge in [-0.05, 0) is 43.2 Å². The molecule has 158 valence electrons. The summed E-state index contributed by atoms with van der Waals surface area (Å²) in [5.41, 5.74) is 0.673. The predicted octanol–water partition coefficient (Wildman–Crippen LogP) is 3.64. The summed E-state index contributed by atoms with van der Waals surface area (Å²) in [5, 5.41) is 3.09. The number of fused-ring (bicyclic) bond motifs is 1. The first-order chi connectivity index (χ1) is 14.3. The van der Waals surface area contributed by atoms with E-state index in [0.717, 1.165) is 24.3 Å². The molecule has 0 saturated carbocycles. The third-order valence-electron chi connectivity index (χ3n) is 4.38. The first-order valence-corrected chi connectivity index (χ1v) is 10.4. The maximum atomic E-state index is 13.4. The number of nitrogens with one attached hydrogen (secondary N) is 1. The molecule has 0 aliphatic heterocycles. The zero-order valence-electron chi connectivity index (χ0n) is 16.3. The van der Waals surface area contributed by atoms with Crippen LogP contribution in [0.4, 0.5) is 14.5 Å². The zero-order valence-corrected chi connectivity index (χ0v) is 17.1. The Morgan fingerprint density at radius 2 is 1.87 bits per heavy atom. The predicted molar refractivity (Wildman–Crippen MR) is 109 cm³/mol. The molecule has 1 unspecified atom stereocenters. The zero-order chi connectivity index (χ0) is 21.8. The van der Waals surface area contributed by atoms with Gasteiger partial charge in [0, 0.05) is 29.5 Å². The van der Waals surface area contributed by atoms with Crippen molar-refractivity contribution in [3.05, 3.63) is 69.4 Å². The van der Waals surface area contributed by atoms with Crippen LogP contribution in [0.15, 0.2) is 50.7 Å². The largest absolute Gasteiger partial charge is 0.609 e. The van der Waals surface area contributed by atoms with Crippen molar-refractivity contribution in [1.29, 1.82) is 0 Å². The summed E-state index contributed by atoms with van der Waals surface area (Å²) in [4.78, 5) is 24.6. The van der Waals surface area contributed by atoms with E-state index in [-0.39, 0.29) is 46.0 Å². The van der Waals surface area contributed by atoms with E-state index in [1.165, 1.54) is 19.2 Å². The van der Waals surface area contributed by atoms with E-state index in [1.54, 1.807) is 6.92 Å². The van der Waals surface area contributed by atoms with Crippen molar-refractivity contribution in [3.63, 3.8) is 0 Å². The van der Waals surface area contributed by atoms with Crippen LogP contribution in [0.5, 0.6) is 0 Å². The Morgan fingerprint density at radius 3 is 2.50 bits per heavy atom. The molecule has 0 aliphatic rings. The Labute approximate surface area is 174 Å². The molecule has 3 rings (SSSR count). The van der Waals surface area contributed by atoms with Crippen LogP contribution in [0.3, 0.4) is 0 Å². The molecule has 1 N–H and O–H groups in total. The van der Waals surface area contributed by atoms with Crippen molar-refractivity contribution in [3.8, 4) is 0 Å². The van der Waals surface area contributed by atoms with Gasteiger partial charge in [0.05, 0.1) is 24.1 Å². The Kier molecular flexibility index (Phi) is 6.73. The van der Waals surface area contributed by atoms with E-state index < -0.39 is 34.2 Å². The number of carbonyl (C=O) groups excluding carboxylic acids is 1. The molecule has 0 amide bonds. The molecule has 0 fully saturated rings. The maximum absolute atomic E-state index is 13.4. The van der Waals surface area contributed by atoms with E-state index in [1.807, 2.05) is 0 Å². The number of hydrogen-bond donors (Lipinski definition) is 1. The number of benzene rings is 2. The summed E-state index contributed by atoms with van der Waals surface area (Å²) in [7, 11) is 1.22. The Bertz CT molecular complexity index is 1130. The van der Waals surface area contributed by atoms with Gasteiger partial charge in [0.2, 0.25) is 0 Å². The van der Waals surface area contributed by atoms with Gasteiger partial charge in [-0.15, -0.1) is 0 Å². The molecule has 1 atom stereocenters. The van der Waals surface area contributed by atoms with Gasteiger partial charge >= 0.3 is 11.1 Å². The monoisotopic (exact) mass is 435 g/mol. The quantitative estimate of drug-likeness (QED) is 0.450. The molecule has 1 heterocycles. The Balaban J connectivity index is 1.99. The fourth-order valence-corrected chi connectivity index (χ4v) is 3.68. The summed E-state index contributed by atoms with van der Waals surface area (Å²) >= 11 is -1.48. The highest BCUT2D eigenvalue weighted by atomic mass is 32.2. The van der Waals surface area contributed by atoms with Crippen LogP contribution in [0.25, 0.3) is 11.0 Å². The molecular weight excluding hydrogens is 416 g/mol. The lowest BCUT2D eigenvalue weighted by Crippen LogP contribution is -2.13. The van der Waals surface area contributed by atoms with E-state index >= 15 is 0 Å². The van der Waals surface area contributed by atoms with Crippen molar-refractivity contribution < 1.29 is 27.3 Å². The van der Waals surface area contributed by atoms with Gasteiger partial charge in [0.15, 0.2) is 5.43 Å². The van der Waals surface area contributed by atoms with Crippen molar-refractivity contribution in [1.82, 2.24) is 0 Å². The van der Waals surface area contributed by atoms with Crippen LogP contribution < -0.4 is 10.7 Å². The molecule has 6 nitrogen and oxygen atoms in total. The second kappa shape index (κ2) is 9.27. The summed E-state index contributed by atoms with van der Waals surface area (Å²) in [6.07, 6.45) is 0.255. The number of hydrogen-bond acceptors (Lipinski definition) is 6. The number of halogens is 2. The van der Waals surface area contributed by atoms with Crippen LogP contribution in [0.2, 0.25) is 0 Å². The molecule has 2 aromatic carbocycles. The van der Waals surface area contributed by atoms with Crippen molar-refractivity contribution in [2.24, 2.45) is 0 Å².